The van der Waals surface area contributed by atoms with E-state index in [1.54, 1.807) is 4.57 Å². The molecule has 0 radical (unpaired) electrons. The van der Waals surface area contributed by atoms with Crippen LogP contribution in [0.15, 0.2) is 24.5 Å². The fraction of sp³-hybridized carbons (Fsp3) is 0.375. The molecule has 124 valence electrons. The summed E-state index contributed by atoms with van der Waals surface area (Å²) in [6, 6.07) is 5.64. The minimum absolute atomic E-state index is 0.0859. The molecule has 1 unspecified atom stereocenters. The maximum Gasteiger partial charge on any atom is 0.240 e. The van der Waals surface area contributed by atoms with Crippen molar-refractivity contribution in [2.45, 2.75) is 32.0 Å². The van der Waals surface area contributed by atoms with Gasteiger partial charge in [-0.2, -0.15) is 4.98 Å². The van der Waals surface area contributed by atoms with Crippen LogP contribution in [0.5, 0.6) is 0 Å². The average molecular weight is 326 g/mol. The van der Waals surface area contributed by atoms with Crippen molar-refractivity contribution < 1.29 is 10.2 Å². The normalized spacial score (nSPS) is 21.6. The van der Waals surface area contributed by atoms with Gasteiger partial charge in [0.1, 0.15) is 12.2 Å². The van der Waals surface area contributed by atoms with E-state index in [9.17, 15) is 10.2 Å². The zero-order valence-electron chi connectivity index (χ0n) is 13.2. The van der Waals surface area contributed by atoms with Gasteiger partial charge in [0.2, 0.25) is 11.9 Å². The highest BCUT2D eigenvalue weighted by Crippen LogP contribution is 2.38. The lowest BCUT2D eigenvalue weighted by atomic mass is 9.76. The number of hydrogen-bond donors (Lipinski definition) is 3. The van der Waals surface area contributed by atoms with Crippen molar-refractivity contribution in [1.82, 2.24) is 24.5 Å². The molecule has 1 saturated carbocycles. The van der Waals surface area contributed by atoms with Crippen molar-refractivity contribution in [3.05, 3.63) is 35.9 Å². The summed E-state index contributed by atoms with van der Waals surface area (Å²) in [4.78, 5) is 16.6. The molecule has 8 nitrogen and oxygen atoms in total. The SMILES string of the molecule is Cc1nc2ccc(C(O)C3CC(O)C3)cc2n1-c1ncnc(N)n1. The van der Waals surface area contributed by atoms with Crippen LogP contribution in [-0.2, 0) is 0 Å². The van der Waals surface area contributed by atoms with Gasteiger partial charge in [0.05, 0.1) is 23.2 Å². The van der Waals surface area contributed by atoms with Crippen molar-refractivity contribution in [3.63, 3.8) is 0 Å². The molecule has 1 aliphatic rings. The molecule has 1 aromatic carbocycles. The molecule has 1 atom stereocenters. The van der Waals surface area contributed by atoms with E-state index < -0.39 is 6.10 Å². The summed E-state index contributed by atoms with van der Waals surface area (Å²) < 4.78 is 1.79. The maximum atomic E-state index is 10.5. The molecule has 0 bridgehead atoms. The Hall–Kier alpha value is -2.58. The average Bonchev–Trinajstić information content (AvgIpc) is 2.86. The first-order valence-electron chi connectivity index (χ1n) is 7.83. The lowest BCUT2D eigenvalue weighted by Gasteiger charge is -2.35. The van der Waals surface area contributed by atoms with E-state index in [1.165, 1.54) is 6.33 Å². The van der Waals surface area contributed by atoms with E-state index in [0.717, 1.165) is 22.4 Å². The number of aliphatic hydroxyl groups is 2. The Bertz CT molecular complexity index is 903. The summed E-state index contributed by atoms with van der Waals surface area (Å²) in [6.07, 6.45) is 1.71. The minimum atomic E-state index is -0.607. The van der Waals surface area contributed by atoms with Gasteiger partial charge < -0.3 is 15.9 Å². The molecular formula is C16H18N6O2. The molecule has 4 rings (SSSR count). The second kappa shape index (κ2) is 5.50. The number of nitrogen functional groups attached to an aromatic ring is 1. The van der Waals surface area contributed by atoms with Crippen molar-refractivity contribution in [2.75, 3.05) is 5.73 Å². The predicted octanol–water partition coefficient (Wildman–Crippen LogP) is 0.905. The highest BCUT2D eigenvalue weighted by atomic mass is 16.3. The van der Waals surface area contributed by atoms with Crippen LogP contribution in [0.3, 0.4) is 0 Å². The van der Waals surface area contributed by atoms with Crippen LogP contribution in [0.25, 0.3) is 17.0 Å². The van der Waals surface area contributed by atoms with Gasteiger partial charge in [-0.15, -0.1) is 0 Å². The third kappa shape index (κ3) is 2.40. The second-order valence-electron chi connectivity index (χ2n) is 6.22. The van der Waals surface area contributed by atoms with Gasteiger partial charge in [0, 0.05) is 0 Å². The molecule has 1 aliphatic carbocycles. The Balaban J connectivity index is 1.79. The second-order valence-corrected chi connectivity index (χ2v) is 6.22. The standard InChI is InChI=1S/C16H18N6O2/c1-8-20-12-3-2-9(14(24)10-4-11(23)5-10)6-13(12)22(8)16-19-7-18-15(17)21-16/h2-3,6-7,10-11,14,23-24H,4-5H2,1H3,(H2,17,18,19,21). The maximum absolute atomic E-state index is 10.5. The molecule has 2 aromatic heterocycles. The number of aryl methyl sites for hydroxylation is 1. The smallest absolute Gasteiger partial charge is 0.240 e. The van der Waals surface area contributed by atoms with Gasteiger partial charge >= 0.3 is 0 Å². The van der Waals surface area contributed by atoms with E-state index in [0.29, 0.717) is 18.8 Å². The van der Waals surface area contributed by atoms with Crippen LogP contribution in [0.1, 0.15) is 30.3 Å². The van der Waals surface area contributed by atoms with Gasteiger partial charge in [-0.1, -0.05) is 6.07 Å². The van der Waals surface area contributed by atoms with Crippen LogP contribution in [0.4, 0.5) is 5.95 Å². The number of nitrogens with zero attached hydrogens (tertiary/aromatic N) is 5. The lowest BCUT2D eigenvalue weighted by molar-refractivity contribution is -0.0288. The van der Waals surface area contributed by atoms with E-state index in [-0.39, 0.29) is 18.0 Å². The van der Waals surface area contributed by atoms with Gasteiger partial charge in [-0.25, -0.2) is 15.0 Å². The molecule has 0 saturated heterocycles. The lowest BCUT2D eigenvalue weighted by Crippen LogP contribution is -2.32. The highest BCUT2D eigenvalue weighted by molar-refractivity contribution is 5.78. The topological polar surface area (TPSA) is 123 Å². The van der Waals surface area contributed by atoms with Crippen molar-refractivity contribution in [1.29, 1.82) is 0 Å². The molecule has 3 aromatic rings. The first kappa shape index (κ1) is 15.0. The summed E-state index contributed by atoms with van der Waals surface area (Å²) in [6.45, 7) is 1.86. The number of aromatic nitrogens is 5. The summed E-state index contributed by atoms with van der Waals surface area (Å²) in [5.74, 6) is 1.35. The minimum Gasteiger partial charge on any atom is -0.393 e. The number of aliphatic hydroxyl groups excluding tert-OH is 2. The Labute approximate surface area is 138 Å². The number of imidazole rings is 1. The zero-order valence-corrected chi connectivity index (χ0v) is 13.2. The van der Waals surface area contributed by atoms with E-state index in [2.05, 4.69) is 19.9 Å². The molecule has 0 amide bonds. The summed E-state index contributed by atoms with van der Waals surface area (Å²) in [5, 5.41) is 20.0. The quantitative estimate of drug-likeness (QED) is 0.653. The fourth-order valence-corrected chi connectivity index (χ4v) is 3.22. The van der Waals surface area contributed by atoms with Crippen molar-refractivity contribution in [2.24, 2.45) is 5.92 Å². The highest BCUT2D eigenvalue weighted by Gasteiger charge is 2.34. The van der Waals surface area contributed by atoms with Gasteiger partial charge in [-0.05, 0) is 43.4 Å². The Kier molecular flexibility index (Phi) is 3.43. The molecule has 1 fully saturated rings. The fourth-order valence-electron chi connectivity index (χ4n) is 3.22. The van der Waals surface area contributed by atoms with Crippen LogP contribution in [-0.4, -0.2) is 40.8 Å². The van der Waals surface area contributed by atoms with Gasteiger partial charge in [0.25, 0.3) is 0 Å². The first-order valence-corrected chi connectivity index (χ1v) is 7.83. The van der Waals surface area contributed by atoms with Crippen molar-refractivity contribution in [3.8, 4) is 5.95 Å². The van der Waals surface area contributed by atoms with Crippen LogP contribution in [0, 0.1) is 12.8 Å². The molecule has 24 heavy (non-hydrogen) atoms. The monoisotopic (exact) mass is 326 g/mol. The molecule has 2 heterocycles. The summed E-state index contributed by atoms with van der Waals surface area (Å²) >= 11 is 0. The molecular weight excluding hydrogens is 308 g/mol. The number of fused-ring (bicyclic) bond motifs is 1. The van der Waals surface area contributed by atoms with E-state index in [4.69, 9.17) is 5.73 Å². The Morgan fingerprint density at radius 2 is 2.04 bits per heavy atom. The summed E-state index contributed by atoms with van der Waals surface area (Å²) in [5.41, 5.74) is 8.04. The number of anilines is 1. The number of hydrogen-bond acceptors (Lipinski definition) is 7. The number of rotatable bonds is 3. The third-order valence-corrected chi connectivity index (χ3v) is 4.56. The zero-order chi connectivity index (χ0) is 16.8. The Morgan fingerprint density at radius 3 is 2.75 bits per heavy atom. The van der Waals surface area contributed by atoms with Crippen LogP contribution < -0.4 is 5.73 Å². The van der Waals surface area contributed by atoms with Gasteiger partial charge in [-0.3, -0.25) is 4.57 Å². The van der Waals surface area contributed by atoms with Crippen molar-refractivity contribution >= 4 is 17.0 Å². The molecule has 4 N–H and O–H groups in total. The Morgan fingerprint density at radius 1 is 1.25 bits per heavy atom. The largest absolute Gasteiger partial charge is 0.393 e. The number of nitrogens with two attached hydrogens (primary N) is 1. The third-order valence-electron chi connectivity index (χ3n) is 4.56. The first-order chi connectivity index (χ1) is 11.5. The molecule has 8 heteroatoms. The summed E-state index contributed by atoms with van der Waals surface area (Å²) in [7, 11) is 0. The van der Waals surface area contributed by atoms with Crippen LogP contribution >= 0.6 is 0 Å². The molecule has 0 aliphatic heterocycles. The van der Waals surface area contributed by atoms with Crippen LogP contribution in [0.2, 0.25) is 0 Å². The van der Waals surface area contributed by atoms with Gasteiger partial charge in [0.15, 0.2) is 0 Å². The molecule has 0 spiro atoms. The number of benzene rings is 1. The predicted molar refractivity (Wildman–Crippen MR) is 87.3 cm³/mol. The van der Waals surface area contributed by atoms with E-state index >= 15 is 0 Å². The van der Waals surface area contributed by atoms with E-state index in [1.807, 2.05) is 25.1 Å².